The molecule has 9 heteroatoms. The number of hydrogen-bond acceptors (Lipinski definition) is 5. The van der Waals surface area contributed by atoms with E-state index in [1.165, 1.54) is 0 Å². The van der Waals surface area contributed by atoms with Crippen LogP contribution in [0.4, 0.5) is 19.1 Å². The van der Waals surface area contributed by atoms with Crippen molar-refractivity contribution >= 4 is 11.9 Å². The van der Waals surface area contributed by atoms with Crippen molar-refractivity contribution in [3.8, 4) is 0 Å². The number of anilines is 1. The Kier molecular flexibility index (Phi) is 5.17. The van der Waals surface area contributed by atoms with Gasteiger partial charge in [-0.15, -0.1) is 0 Å². The molecule has 1 fully saturated rings. The van der Waals surface area contributed by atoms with E-state index in [1.54, 1.807) is 0 Å². The lowest BCUT2D eigenvalue weighted by Gasteiger charge is -2.12. The van der Waals surface area contributed by atoms with Gasteiger partial charge in [-0.1, -0.05) is 0 Å². The van der Waals surface area contributed by atoms with E-state index in [-0.39, 0.29) is 36.9 Å². The van der Waals surface area contributed by atoms with Crippen molar-refractivity contribution in [1.29, 1.82) is 0 Å². The lowest BCUT2D eigenvalue weighted by Crippen LogP contribution is -2.34. The molecule has 1 heterocycles. The van der Waals surface area contributed by atoms with Gasteiger partial charge in [-0.2, -0.15) is 13.2 Å². The first-order valence-electron chi connectivity index (χ1n) is 7.03. The maximum absolute atomic E-state index is 12.5. The van der Waals surface area contributed by atoms with Crippen LogP contribution in [0.25, 0.3) is 0 Å². The number of halogens is 3. The number of carbonyl (C=O) groups is 1. The van der Waals surface area contributed by atoms with E-state index < -0.39 is 11.9 Å². The van der Waals surface area contributed by atoms with Crippen molar-refractivity contribution in [3.63, 3.8) is 0 Å². The van der Waals surface area contributed by atoms with Crippen molar-refractivity contribution < 1.29 is 18.0 Å². The average Bonchev–Trinajstić information content (AvgIpc) is 2.89. The quantitative estimate of drug-likeness (QED) is 0.709. The minimum atomic E-state index is -4.51. The fraction of sp³-hybridized carbons (Fsp3) is 0.615. The largest absolute Gasteiger partial charge is 0.433 e. The van der Waals surface area contributed by atoms with Gasteiger partial charge >= 0.3 is 6.18 Å². The van der Waals surface area contributed by atoms with Gasteiger partial charge in [0.05, 0.1) is 0 Å². The fourth-order valence-electron chi connectivity index (χ4n) is 2.36. The summed E-state index contributed by atoms with van der Waals surface area (Å²) < 4.78 is 37.4. The molecule has 0 radical (unpaired) electrons. The van der Waals surface area contributed by atoms with Crippen LogP contribution in [-0.2, 0) is 11.0 Å². The van der Waals surface area contributed by atoms with E-state index >= 15 is 0 Å². The van der Waals surface area contributed by atoms with Crippen LogP contribution in [-0.4, -0.2) is 35.0 Å². The monoisotopic (exact) mass is 317 g/mol. The highest BCUT2D eigenvalue weighted by molar-refractivity contribution is 5.79. The summed E-state index contributed by atoms with van der Waals surface area (Å²) in [6.07, 6.45) is -1.17. The molecule has 2 unspecified atom stereocenters. The maximum atomic E-state index is 12.5. The molecule has 0 spiro atoms. The summed E-state index contributed by atoms with van der Waals surface area (Å²) in [7, 11) is 0. The smallest absolute Gasteiger partial charge is 0.354 e. The summed E-state index contributed by atoms with van der Waals surface area (Å²) in [5, 5.41) is 5.38. The van der Waals surface area contributed by atoms with Crippen LogP contribution in [0.3, 0.4) is 0 Å². The molecule has 1 aromatic heterocycles. The molecule has 0 saturated heterocycles. The molecule has 0 aromatic carbocycles. The molecule has 1 aliphatic rings. The van der Waals surface area contributed by atoms with Crippen molar-refractivity contribution in [2.75, 3.05) is 18.4 Å². The molecule has 0 bridgehead atoms. The summed E-state index contributed by atoms with van der Waals surface area (Å²) >= 11 is 0. The molecule has 1 aliphatic carbocycles. The highest BCUT2D eigenvalue weighted by Gasteiger charge is 2.32. The van der Waals surface area contributed by atoms with Gasteiger partial charge in [0.15, 0.2) is 0 Å². The Labute approximate surface area is 125 Å². The third-order valence-electron chi connectivity index (χ3n) is 3.50. The van der Waals surface area contributed by atoms with Crippen LogP contribution in [0, 0.1) is 5.92 Å². The molecular formula is C13H18F3N5O. The van der Waals surface area contributed by atoms with Gasteiger partial charge in [-0.3, -0.25) is 4.79 Å². The number of alkyl halides is 3. The maximum Gasteiger partial charge on any atom is 0.433 e. The molecule has 0 aliphatic heterocycles. The highest BCUT2D eigenvalue weighted by atomic mass is 19.4. The van der Waals surface area contributed by atoms with Crippen LogP contribution < -0.4 is 16.4 Å². The molecule has 2 rings (SSSR count). The second-order valence-electron chi connectivity index (χ2n) is 5.25. The van der Waals surface area contributed by atoms with Crippen LogP contribution in [0.1, 0.15) is 25.0 Å². The fourth-order valence-corrected chi connectivity index (χ4v) is 2.36. The molecular weight excluding hydrogens is 299 g/mol. The second kappa shape index (κ2) is 6.91. The van der Waals surface area contributed by atoms with Crippen molar-refractivity contribution in [3.05, 3.63) is 18.0 Å². The van der Waals surface area contributed by atoms with Gasteiger partial charge < -0.3 is 16.4 Å². The molecule has 6 nitrogen and oxygen atoms in total. The summed E-state index contributed by atoms with van der Waals surface area (Å²) in [5.41, 5.74) is 4.74. The topological polar surface area (TPSA) is 92.9 Å². The summed E-state index contributed by atoms with van der Waals surface area (Å²) in [6.45, 7) is 0.524. The zero-order chi connectivity index (χ0) is 16.2. The van der Waals surface area contributed by atoms with E-state index in [9.17, 15) is 18.0 Å². The summed E-state index contributed by atoms with van der Waals surface area (Å²) in [4.78, 5) is 18.9. The van der Waals surface area contributed by atoms with Crippen molar-refractivity contribution in [2.45, 2.75) is 31.5 Å². The first kappa shape index (κ1) is 16.5. The van der Waals surface area contributed by atoms with Crippen molar-refractivity contribution in [1.82, 2.24) is 15.3 Å². The van der Waals surface area contributed by atoms with Gasteiger partial charge in [0.1, 0.15) is 5.69 Å². The van der Waals surface area contributed by atoms with E-state index in [2.05, 4.69) is 20.6 Å². The van der Waals surface area contributed by atoms with Crippen LogP contribution in [0.15, 0.2) is 12.3 Å². The van der Waals surface area contributed by atoms with E-state index in [1.807, 2.05) is 0 Å². The van der Waals surface area contributed by atoms with Gasteiger partial charge in [-0.25, -0.2) is 9.97 Å². The summed E-state index contributed by atoms with van der Waals surface area (Å²) in [6, 6.07) is 0.878. The van der Waals surface area contributed by atoms with Crippen molar-refractivity contribution in [2.24, 2.45) is 11.7 Å². The van der Waals surface area contributed by atoms with Crippen LogP contribution in [0.2, 0.25) is 0 Å². The Morgan fingerprint density at radius 2 is 2.14 bits per heavy atom. The van der Waals surface area contributed by atoms with Crippen LogP contribution in [0.5, 0.6) is 0 Å². The first-order valence-corrected chi connectivity index (χ1v) is 7.03. The zero-order valence-electron chi connectivity index (χ0n) is 11.9. The number of rotatable bonds is 5. The third kappa shape index (κ3) is 4.55. The predicted molar refractivity (Wildman–Crippen MR) is 73.8 cm³/mol. The minimum absolute atomic E-state index is 0.0696. The van der Waals surface area contributed by atoms with Gasteiger partial charge in [-0.05, 0) is 25.3 Å². The molecule has 122 valence electrons. The van der Waals surface area contributed by atoms with E-state index in [0.29, 0.717) is 6.42 Å². The Balaban J connectivity index is 1.74. The lowest BCUT2D eigenvalue weighted by molar-refractivity contribution is -0.141. The summed E-state index contributed by atoms with van der Waals surface area (Å²) in [5.74, 6) is -0.258. The first-order chi connectivity index (χ1) is 10.4. The third-order valence-corrected chi connectivity index (χ3v) is 3.50. The number of aromatic nitrogens is 2. The SMILES string of the molecule is NC1CCC(C(=O)NCCNc2nccc(C(F)(F)F)n2)C1. The zero-order valence-corrected chi connectivity index (χ0v) is 11.9. The number of nitrogens with zero attached hydrogens (tertiary/aromatic N) is 2. The molecule has 1 saturated carbocycles. The predicted octanol–water partition coefficient (Wildman–Crippen LogP) is 1.15. The standard InChI is InChI=1S/C13H18F3N5O/c14-13(15,16)10-3-4-19-12(21-10)20-6-5-18-11(22)8-1-2-9(17)7-8/h3-4,8-9H,1-2,5-7,17H2,(H,18,22)(H,19,20,21). The Morgan fingerprint density at radius 3 is 2.77 bits per heavy atom. The van der Waals surface area contributed by atoms with E-state index in [4.69, 9.17) is 5.73 Å². The number of hydrogen-bond donors (Lipinski definition) is 3. The second-order valence-corrected chi connectivity index (χ2v) is 5.25. The Morgan fingerprint density at radius 1 is 1.36 bits per heavy atom. The Hall–Kier alpha value is -1.90. The normalized spacial score (nSPS) is 21.6. The number of nitrogens with one attached hydrogen (secondary N) is 2. The molecule has 2 atom stereocenters. The Bertz CT molecular complexity index is 523. The molecule has 22 heavy (non-hydrogen) atoms. The van der Waals surface area contributed by atoms with Gasteiger partial charge in [0, 0.05) is 31.2 Å². The average molecular weight is 317 g/mol. The number of amides is 1. The van der Waals surface area contributed by atoms with E-state index in [0.717, 1.165) is 25.1 Å². The van der Waals surface area contributed by atoms with Gasteiger partial charge in [0.25, 0.3) is 0 Å². The molecule has 4 N–H and O–H groups in total. The van der Waals surface area contributed by atoms with Gasteiger partial charge in [0.2, 0.25) is 11.9 Å². The highest BCUT2D eigenvalue weighted by Crippen LogP contribution is 2.27. The minimum Gasteiger partial charge on any atom is -0.354 e. The lowest BCUT2D eigenvalue weighted by atomic mass is 10.1. The van der Waals surface area contributed by atoms with Crippen LogP contribution >= 0.6 is 0 Å². The molecule has 1 amide bonds. The number of carbonyl (C=O) groups excluding carboxylic acids is 1. The molecule has 1 aromatic rings. The number of nitrogens with two attached hydrogens (primary N) is 1.